The van der Waals surface area contributed by atoms with Crippen LogP contribution in [0, 0.1) is 5.41 Å². The number of hydrogen-bond donors (Lipinski definition) is 1. The lowest BCUT2D eigenvalue weighted by Crippen LogP contribution is -2.48. The number of hydrogen-bond acceptors (Lipinski definition) is 4. The largest absolute Gasteiger partial charge is 0.494 e. The van der Waals surface area contributed by atoms with E-state index in [-0.39, 0.29) is 17.9 Å². The maximum Gasteiger partial charge on any atom is 0.253 e. The molecule has 1 N–H and O–H groups in total. The molecular formula is C22H27NO3S. The van der Waals surface area contributed by atoms with Crippen molar-refractivity contribution in [2.75, 3.05) is 32.6 Å². The molecule has 0 bridgehead atoms. The van der Waals surface area contributed by atoms with Crippen LogP contribution in [-0.4, -0.2) is 48.5 Å². The van der Waals surface area contributed by atoms with Crippen molar-refractivity contribution in [1.29, 1.82) is 0 Å². The molecule has 4 nitrogen and oxygen atoms in total. The van der Waals surface area contributed by atoms with E-state index in [1.807, 2.05) is 65.8 Å². The molecule has 144 valence electrons. The average Bonchev–Trinajstić information content (AvgIpc) is 2.74. The predicted molar refractivity (Wildman–Crippen MR) is 109 cm³/mol. The predicted octanol–water partition coefficient (Wildman–Crippen LogP) is 4.09. The van der Waals surface area contributed by atoms with Crippen molar-refractivity contribution in [2.45, 2.75) is 24.2 Å². The molecule has 1 saturated heterocycles. The Morgan fingerprint density at radius 2 is 1.93 bits per heavy atom. The first kappa shape index (κ1) is 19.8. The third kappa shape index (κ3) is 5.05. The molecule has 27 heavy (non-hydrogen) atoms. The molecule has 1 aliphatic rings. The van der Waals surface area contributed by atoms with Crippen molar-refractivity contribution in [2.24, 2.45) is 5.41 Å². The molecule has 2 aromatic rings. The highest BCUT2D eigenvalue weighted by Gasteiger charge is 2.36. The minimum atomic E-state index is -0.290. The Labute approximate surface area is 165 Å². The van der Waals surface area contributed by atoms with Gasteiger partial charge in [-0.1, -0.05) is 18.2 Å². The molecule has 1 heterocycles. The molecule has 0 saturated carbocycles. The van der Waals surface area contributed by atoms with E-state index < -0.39 is 0 Å². The van der Waals surface area contributed by atoms with Gasteiger partial charge in [-0.15, -0.1) is 11.8 Å². The summed E-state index contributed by atoms with van der Waals surface area (Å²) in [4.78, 5) is 15.9. The molecule has 0 unspecified atom stereocenters. The zero-order valence-corrected chi connectivity index (χ0v) is 16.6. The normalized spacial score (nSPS) is 19.7. The summed E-state index contributed by atoms with van der Waals surface area (Å²) in [5.41, 5.74) is 0.420. The molecule has 0 aromatic heterocycles. The van der Waals surface area contributed by atoms with Crippen molar-refractivity contribution >= 4 is 17.7 Å². The average molecular weight is 386 g/mol. The second kappa shape index (κ2) is 9.29. The Bertz CT molecular complexity index is 735. The van der Waals surface area contributed by atoms with Gasteiger partial charge < -0.3 is 14.7 Å². The van der Waals surface area contributed by atoms with Crippen LogP contribution in [0.1, 0.15) is 29.6 Å². The van der Waals surface area contributed by atoms with Gasteiger partial charge in [0.25, 0.3) is 5.91 Å². The van der Waals surface area contributed by atoms with E-state index >= 15 is 0 Å². The van der Waals surface area contributed by atoms with Crippen LogP contribution in [0.4, 0.5) is 0 Å². The van der Waals surface area contributed by atoms with Crippen LogP contribution in [0.15, 0.2) is 59.5 Å². The lowest BCUT2D eigenvalue weighted by atomic mass is 9.78. The Morgan fingerprint density at radius 1 is 1.19 bits per heavy atom. The summed E-state index contributed by atoms with van der Waals surface area (Å²) in [6.07, 6.45) is 4.57. The number of benzene rings is 2. The first-order valence-electron chi connectivity index (χ1n) is 9.38. The molecule has 3 rings (SSSR count). The van der Waals surface area contributed by atoms with E-state index in [1.165, 1.54) is 0 Å². The van der Waals surface area contributed by atoms with E-state index in [2.05, 4.69) is 0 Å². The molecule has 1 fully saturated rings. The number of nitrogens with zero attached hydrogens (tertiary/aromatic N) is 1. The second-order valence-corrected chi connectivity index (χ2v) is 8.01. The van der Waals surface area contributed by atoms with Gasteiger partial charge in [0.2, 0.25) is 0 Å². The number of ether oxygens (including phenoxy) is 1. The quantitative estimate of drug-likeness (QED) is 0.729. The Balaban J connectivity index is 1.62. The summed E-state index contributed by atoms with van der Waals surface area (Å²) < 4.78 is 5.82. The summed E-state index contributed by atoms with van der Waals surface area (Å²) >= 11 is 1.66. The van der Waals surface area contributed by atoms with Crippen molar-refractivity contribution in [1.82, 2.24) is 4.90 Å². The standard InChI is InChI=1S/C22H27NO3S/c1-27-20-10-8-18(9-11-20)21(25)23-14-5-12-22(16-23,17-24)13-15-26-19-6-3-2-4-7-19/h2-4,6-11,24H,5,12-17H2,1H3/t22-/m1/s1. The highest BCUT2D eigenvalue weighted by molar-refractivity contribution is 7.98. The molecule has 1 atom stereocenters. The number of aliphatic hydroxyl groups is 1. The van der Waals surface area contributed by atoms with Crippen molar-refractivity contribution in [3.63, 3.8) is 0 Å². The number of likely N-dealkylation sites (tertiary alicyclic amines) is 1. The smallest absolute Gasteiger partial charge is 0.253 e. The number of carbonyl (C=O) groups excluding carboxylic acids is 1. The number of thioether (sulfide) groups is 1. The molecule has 0 aliphatic carbocycles. The van der Waals surface area contributed by atoms with E-state index in [0.29, 0.717) is 18.7 Å². The van der Waals surface area contributed by atoms with Crippen LogP contribution in [0.5, 0.6) is 5.75 Å². The molecule has 1 aliphatic heterocycles. The number of aliphatic hydroxyl groups excluding tert-OH is 1. The maximum atomic E-state index is 12.9. The van der Waals surface area contributed by atoms with E-state index in [9.17, 15) is 9.90 Å². The number of rotatable bonds is 7. The molecular weight excluding hydrogens is 358 g/mol. The maximum absolute atomic E-state index is 12.9. The van der Waals surface area contributed by atoms with Crippen LogP contribution in [0.3, 0.4) is 0 Å². The SMILES string of the molecule is CSc1ccc(C(=O)N2CCC[C@@](CO)(CCOc3ccccc3)C2)cc1. The van der Waals surface area contributed by atoms with E-state index in [1.54, 1.807) is 11.8 Å². The fraction of sp³-hybridized carbons (Fsp3) is 0.409. The van der Waals surface area contributed by atoms with Crippen molar-refractivity contribution < 1.29 is 14.6 Å². The Kier molecular flexibility index (Phi) is 6.80. The van der Waals surface area contributed by atoms with Crippen LogP contribution in [0.25, 0.3) is 0 Å². The Morgan fingerprint density at radius 3 is 2.59 bits per heavy atom. The summed E-state index contributed by atoms with van der Waals surface area (Å²) in [6.45, 7) is 1.92. The first-order valence-corrected chi connectivity index (χ1v) is 10.6. The van der Waals surface area contributed by atoms with Gasteiger partial charge in [0, 0.05) is 29.0 Å². The third-order valence-electron chi connectivity index (χ3n) is 5.27. The van der Waals surface area contributed by atoms with Gasteiger partial charge in [-0.3, -0.25) is 4.79 Å². The molecule has 1 amide bonds. The number of amides is 1. The molecule has 5 heteroatoms. The lowest BCUT2D eigenvalue weighted by Gasteiger charge is -2.42. The minimum Gasteiger partial charge on any atom is -0.494 e. The van der Waals surface area contributed by atoms with Gasteiger partial charge in [0.05, 0.1) is 13.2 Å². The van der Waals surface area contributed by atoms with Crippen LogP contribution < -0.4 is 4.74 Å². The van der Waals surface area contributed by atoms with Gasteiger partial charge in [0.1, 0.15) is 5.75 Å². The lowest BCUT2D eigenvalue weighted by molar-refractivity contribution is 0.0156. The molecule has 0 spiro atoms. The Hall–Kier alpha value is -1.98. The fourth-order valence-corrected chi connectivity index (χ4v) is 4.02. The topological polar surface area (TPSA) is 49.8 Å². The summed E-state index contributed by atoms with van der Waals surface area (Å²) in [7, 11) is 0. The van der Waals surface area contributed by atoms with Crippen molar-refractivity contribution in [3.8, 4) is 5.75 Å². The van der Waals surface area contributed by atoms with Gasteiger partial charge in [-0.25, -0.2) is 0 Å². The minimum absolute atomic E-state index is 0.0455. The zero-order chi connectivity index (χ0) is 19.1. The number of piperidine rings is 1. The van der Waals surface area contributed by atoms with Gasteiger partial charge >= 0.3 is 0 Å². The highest BCUT2D eigenvalue weighted by atomic mass is 32.2. The highest BCUT2D eigenvalue weighted by Crippen LogP contribution is 2.34. The van der Waals surface area contributed by atoms with E-state index in [0.717, 1.165) is 36.5 Å². The fourth-order valence-electron chi connectivity index (χ4n) is 3.61. The van der Waals surface area contributed by atoms with Crippen LogP contribution >= 0.6 is 11.8 Å². The number of para-hydroxylation sites is 1. The van der Waals surface area contributed by atoms with E-state index in [4.69, 9.17) is 4.74 Å². The molecule has 0 radical (unpaired) electrons. The monoisotopic (exact) mass is 385 g/mol. The second-order valence-electron chi connectivity index (χ2n) is 7.13. The zero-order valence-electron chi connectivity index (χ0n) is 15.8. The van der Waals surface area contributed by atoms with Gasteiger partial charge in [0.15, 0.2) is 0 Å². The van der Waals surface area contributed by atoms with Crippen LogP contribution in [0.2, 0.25) is 0 Å². The van der Waals surface area contributed by atoms with Crippen molar-refractivity contribution in [3.05, 3.63) is 60.2 Å². The summed E-state index contributed by atoms with van der Waals surface area (Å²) in [6, 6.07) is 17.5. The summed E-state index contributed by atoms with van der Waals surface area (Å²) in [5.74, 6) is 0.882. The van der Waals surface area contributed by atoms with Gasteiger partial charge in [-0.2, -0.15) is 0 Å². The van der Waals surface area contributed by atoms with Crippen LogP contribution in [-0.2, 0) is 0 Å². The van der Waals surface area contributed by atoms with Gasteiger partial charge in [-0.05, 0) is 61.9 Å². The molecule has 2 aromatic carbocycles. The first-order chi connectivity index (χ1) is 13.2. The third-order valence-corrected chi connectivity index (χ3v) is 6.01. The summed E-state index contributed by atoms with van der Waals surface area (Å²) in [5, 5.41) is 10.1. The number of carbonyl (C=O) groups is 1.